The van der Waals surface area contributed by atoms with E-state index >= 15 is 0 Å². The van der Waals surface area contributed by atoms with Gasteiger partial charge in [-0.25, -0.2) is 4.98 Å². The van der Waals surface area contributed by atoms with Crippen LogP contribution in [0.3, 0.4) is 0 Å². The molecule has 118 valence electrons. The molecule has 1 N–H and O–H groups in total. The van der Waals surface area contributed by atoms with Crippen molar-refractivity contribution in [2.75, 3.05) is 0 Å². The van der Waals surface area contributed by atoms with Crippen molar-refractivity contribution in [1.29, 1.82) is 5.26 Å². The van der Waals surface area contributed by atoms with E-state index in [2.05, 4.69) is 16.0 Å². The second-order valence-electron chi connectivity index (χ2n) is 5.91. The molecule has 23 heavy (non-hydrogen) atoms. The Kier molecular flexibility index (Phi) is 4.14. The molecular weight excluding hydrogens is 310 g/mol. The number of hydrogen-bond donors (Lipinski definition) is 1. The molecule has 0 saturated carbocycles. The molecule has 3 rings (SSSR count). The lowest BCUT2D eigenvalue weighted by atomic mass is 9.94. The lowest BCUT2D eigenvalue weighted by Crippen LogP contribution is -2.20. The van der Waals surface area contributed by atoms with E-state index in [0.29, 0.717) is 16.6 Å². The third-order valence-electron chi connectivity index (χ3n) is 4.36. The quantitative estimate of drug-likeness (QED) is 0.874. The maximum atomic E-state index is 12.4. The maximum absolute atomic E-state index is 12.4. The number of aromatic nitrogens is 2. The van der Waals surface area contributed by atoms with Crippen molar-refractivity contribution < 1.29 is 4.79 Å². The van der Waals surface area contributed by atoms with Gasteiger partial charge in [-0.05, 0) is 38.2 Å². The highest BCUT2D eigenvalue weighted by molar-refractivity contribution is 7.18. The van der Waals surface area contributed by atoms with Gasteiger partial charge in [0.15, 0.2) is 11.7 Å². The van der Waals surface area contributed by atoms with Gasteiger partial charge in [0.25, 0.3) is 5.56 Å². The van der Waals surface area contributed by atoms with Crippen LogP contribution in [0.15, 0.2) is 16.9 Å². The summed E-state index contributed by atoms with van der Waals surface area (Å²) in [7, 11) is 0. The third kappa shape index (κ3) is 2.84. The Morgan fingerprint density at radius 3 is 3.00 bits per heavy atom. The van der Waals surface area contributed by atoms with Gasteiger partial charge >= 0.3 is 0 Å². The number of H-pyrrole nitrogens is 1. The molecule has 0 aliphatic heterocycles. The Morgan fingerprint density at radius 1 is 1.57 bits per heavy atom. The number of Topliss-reactive ketones (excluding diaryl/α,β-unsaturated/α-hetero) is 1. The summed E-state index contributed by atoms with van der Waals surface area (Å²) < 4.78 is 0. The van der Waals surface area contributed by atoms with Gasteiger partial charge in [0.05, 0.1) is 11.5 Å². The van der Waals surface area contributed by atoms with Crippen LogP contribution in [-0.2, 0) is 4.79 Å². The normalized spacial score (nSPS) is 18.2. The first kappa shape index (κ1) is 15.6. The Hall–Kier alpha value is -2.26. The number of nitrogens with one attached hydrogen (secondary N) is 1. The van der Waals surface area contributed by atoms with E-state index in [0.717, 1.165) is 23.3 Å². The number of ketones is 1. The number of nitrogens with zero attached hydrogens (tertiary/aromatic N) is 2. The van der Waals surface area contributed by atoms with E-state index in [1.807, 2.05) is 26.0 Å². The van der Waals surface area contributed by atoms with Gasteiger partial charge in [0.2, 0.25) is 0 Å². The van der Waals surface area contributed by atoms with Gasteiger partial charge in [-0.3, -0.25) is 9.59 Å². The van der Waals surface area contributed by atoms with E-state index in [-0.39, 0.29) is 23.1 Å². The molecule has 2 heterocycles. The molecule has 2 aromatic rings. The third-order valence-corrected chi connectivity index (χ3v) is 5.46. The summed E-state index contributed by atoms with van der Waals surface area (Å²) in [6.07, 6.45) is 6.32. The minimum absolute atomic E-state index is 0.165. The second-order valence-corrected chi connectivity index (χ2v) is 7.12. The number of carbonyl (C=O) groups is 1. The number of carbonyl (C=O) groups excluding carboxylic acids is 1. The molecule has 0 spiro atoms. The summed E-state index contributed by atoms with van der Waals surface area (Å²) in [6, 6.07) is 2.00. The molecule has 1 aliphatic carbocycles. The molecule has 5 nitrogen and oxygen atoms in total. The Labute approximate surface area is 137 Å². The number of hydrogen-bond acceptors (Lipinski definition) is 5. The van der Waals surface area contributed by atoms with E-state index in [1.54, 1.807) is 0 Å². The van der Waals surface area contributed by atoms with Crippen LogP contribution < -0.4 is 5.56 Å². The minimum atomic E-state index is -1.01. The maximum Gasteiger partial charge on any atom is 0.259 e. The van der Waals surface area contributed by atoms with Crippen LogP contribution in [-0.4, -0.2) is 15.8 Å². The predicted molar refractivity (Wildman–Crippen MR) is 89.6 cm³/mol. The summed E-state index contributed by atoms with van der Waals surface area (Å²) in [6.45, 7) is 3.81. The first-order valence-corrected chi connectivity index (χ1v) is 8.41. The van der Waals surface area contributed by atoms with Crippen molar-refractivity contribution in [3.63, 3.8) is 0 Å². The smallest absolute Gasteiger partial charge is 0.259 e. The SMILES string of the molecule is Cc1sc2nc([C@H](C#N)C(=O)C[C@H]3C=CCC3)[nH]c(=O)c2c1C. The molecule has 0 unspecified atom stereocenters. The van der Waals surface area contributed by atoms with E-state index in [1.165, 1.54) is 11.3 Å². The van der Waals surface area contributed by atoms with Crippen molar-refractivity contribution in [3.8, 4) is 6.07 Å². The van der Waals surface area contributed by atoms with Gasteiger partial charge in [-0.15, -0.1) is 11.3 Å². The van der Waals surface area contributed by atoms with Crippen LogP contribution in [0.1, 0.15) is 41.4 Å². The molecule has 2 aromatic heterocycles. The van der Waals surface area contributed by atoms with Crippen molar-refractivity contribution in [2.45, 2.75) is 39.0 Å². The molecule has 1 aliphatic rings. The van der Waals surface area contributed by atoms with Crippen molar-refractivity contribution >= 4 is 27.3 Å². The monoisotopic (exact) mass is 327 g/mol. The lowest BCUT2D eigenvalue weighted by molar-refractivity contribution is -0.120. The summed E-state index contributed by atoms with van der Waals surface area (Å²) in [5.41, 5.74) is 0.627. The first-order valence-electron chi connectivity index (χ1n) is 7.60. The summed E-state index contributed by atoms with van der Waals surface area (Å²) >= 11 is 1.42. The Morgan fingerprint density at radius 2 is 2.35 bits per heavy atom. The van der Waals surface area contributed by atoms with Crippen LogP contribution in [0.4, 0.5) is 0 Å². The number of rotatable bonds is 4. The largest absolute Gasteiger partial charge is 0.308 e. The van der Waals surface area contributed by atoms with Gasteiger partial charge in [-0.2, -0.15) is 5.26 Å². The predicted octanol–water partition coefficient (Wildman–Crippen LogP) is 3.13. The Balaban J connectivity index is 1.96. The van der Waals surface area contributed by atoms with E-state index < -0.39 is 5.92 Å². The summed E-state index contributed by atoms with van der Waals surface area (Å²) in [5.74, 6) is -0.835. The topological polar surface area (TPSA) is 86.6 Å². The molecule has 0 bridgehead atoms. The van der Waals surface area contributed by atoms with Crippen LogP contribution >= 0.6 is 11.3 Å². The van der Waals surface area contributed by atoms with Gasteiger partial charge < -0.3 is 4.98 Å². The van der Waals surface area contributed by atoms with Crippen LogP contribution in [0.2, 0.25) is 0 Å². The number of aromatic amines is 1. The minimum Gasteiger partial charge on any atom is -0.308 e. The van der Waals surface area contributed by atoms with Crippen molar-refractivity contribution in [1.82, 2.24) is 9.97 Å². The average molecular weight is 327 g/mol. The Bertz CT molecular complexity index is 901. The van der Waals surface area contributed by atoms with Crippen LogP contribution in [0.25, 0.3) is 10.2 Å². The molecule has 0 amide bonds. The number of allylic oxidation sites excluding steroid dienone is 2. The second kappa shape index (κ2) is 6.09. The molecule has 6 heteroatoms. The molecule has 0 aromatic carbocycles. The van der Waals surface area contributed by atoms with Crippen LogP contribution in [0, 0.1) is 31.1 Å². The highest BCUT2D eigenvalue weighted by Crippen LogP contribution is 2.28. The van der Waals surface area contributed by atoms with Crippen molar-refractivity contribution in [3.05, 3.63) is 38.8 Å². The summed E-state index contributed by atoms with van der Waals surface area (Å²) in [4.78, 5) is 33.4. The van der Waals surface area contributed by atoms with Crippen LogP contribution in [0.5, 0.6) is 0 Å². The zero-order chi connectivity index (χ0) is 16.6. The van der Waals surface area contributed by atoms with E-state index in [9.17, 15) is 14.9 Å². The highest BCUT2D eigenvalue weighted by atomic mass is 32.1. The molecule has 0 fully saturated rings. The number of fused-ring (bicyclic) bond motifs is 1. The standard InChI is InChI=1S/C17H17N3O2S/c1-9-10(2)23-17-14(9)16(22)19-15(20-17)12(8-18)13(21)7-11-5-3-4-6-11/h3,5,11-12H,4,6-7H2,1-2H3,(H,19,20,22)/t11-,12+/m0/s1. The fourth-order valence-corrected chi connectivity index (χ4v) is 3.97. The zero-order valence-corrected chi connectivity index (χ0v) is 13.9. The number of aryl methyl sites for hydroxylation is 2. The average Bonchev–Trinajstić information content (AvgIpc) is 3.09. The number of thiophene rings is 1. The summed E-state index contributed by atoms with van der Waals surface area (Å²) in [5, 5.41) is 9.95. The fraction of sp³-hybridized carbons (Fsp3) is 0.412. The van der Waals surface area contributed by atoms with Crippen molar-refractivity contribution in [2.24, 2.45) is 5.92 Å². The van der Waals surface area contributed by atoms with Gasteiger partial charge in [-0.1, -0.05) is 12.2 Å². The van der Waals surface area contributed by atoms with E-state index in [4.69, 9.17) is 0 Å². The van der Waals surface area contributed by atoms with Gasteiger partial charge in [0, 0.05) is 11.3 Å². The van der Waals surface area contributed by atoms with Gasteiger partial charge in [0.1, 0.15) is 10.7 Å². The molecule has 2 atom stereocenters. The molecular formula is C17H17N3O2S. The molecule has 0 saturated heterocycles. The molecule has 0 radical (unpaired) electrons. The number of nitriles is 1. The lowest BCUT2D eigenvalue weighted by Gasteiger charge is -2.10. The zero-order valence-electron chi connectivity index (χ0n) is 13.0. The highest BCUT2D eigenvalue weighted by Gasteiger charge is 2.26. The first-order chi connectivity index (χ1) is 11.0. The fourth-order valence-electron chi connectivity index (χ4n) is 2.94.